The summed E-state index contributed by atoms with van der Waals surface area (Å²) in [6.45, 7) is 4.73. The zero-order chi connectivity index (χ0) is 14.3. The van der Waals surface area contributed by atoms with Crippen LogP contribution in [-0.4, -0.2) is 35.5 Å². The van der Waals surface area contributed by atoms with Crippen molar-refractivity contribution in [1.82, 2.24) is 10.2 Å². The maximum Gasteiger partial charge on any atom is 0.325 e. The minimum Gasteiger partial charge on any atom is -0.493 e. The number of fused-ring (bicyclic) bond motifs is 1. The highest BCUT2D eigenvalue weighted by Crippen LogP contribution is 2.35. The lowest BCUT2D eigenvalue weighted by Crippen LogP contribution is -2.46. The number of carbonyl (C=O) groups is 2. The van der Waals surface area contributed by atoms with Gasteiger partial charge in [-0.25, -0.2) is 4.79 Å². The van der Waals surface area contributed by atoms with Gasteiger partial charge < -0.3 is 9.64 Å². The summed E-state index contributed by atoms with van der Waals surface area (Å²) < 4.78 is 5.63. The van der Waals surface area contributed by atoms with Gasteiger partial charge in [-0.15, -0.1) is 0 Å². The van der Waals surface area contributed by atoms with Crippen LogP contribution in [0.4, 0.5) is 4.79 Å². The van der Waals surface area contributed by atoms with Crippen LogP contribution in [0, 0.1) is 0 Å². The average molecular weight is 274 g/mol. The summed E-state index contributed by atoms with van der Waals surface area (Å²) in [5.74, 6) is 0.853. The highest BCUT2D eigenvalue weighted by molar-refractivity contribution is 6.06. The van der Waals surface area contributed by atoms with E-state index in [1.165, 1.54) is 0 Å². The van der Waals surface area contributed by atoms with Crippen molar-refractivity contribution in [3.05, 3.63) is 29.8 Å². The summed E-state index contributed by atoms with van der Waals surface area (Å²) >= 11 is 0. The molecule has 2 aliphatic heterocycles. The van der Waals surface area contributed by atoms with Gasteiger partial charge in [0.05, 0.1) is 6.61 Å². The van der Waals surface area contributed by atoms with Crippen molar-refractivity contribution >= 4 is 11.9 Å². The Bertz CT molecular complexity index is 568. The lowest BCUT2D eigenvalue weighted by Gasteiger charge is -2.34. The predicted molar refractivity (Wildman–Crippen MR) is 73.6 cm³/mol. The molecule has 5 heteroatoms. The maximum atomic E-state index is 11.9. The fourth-order valence-electron chi connectivity index (χ4n) is 2.83. The van der Waals surface area contributed by atoms with Gasteiger partial charge in [-0.1, -0.05) is 18.2 Å². The van der Waals surface area contributed by atoms with Crippen molar-refractivity contribution < 1.29 is 14.3 Å². The fraction of sp³-hybridized carbons (Fsp3) is 0.467. The molecular formula is C15H18N2O3. The van der Waals surface area contributed by atoms with E-state index in [0.717, 1.165) is 17.7 Å². The van der Waals surface area contributed by atoms with Crippen LogP contribution in [0.15, 0.2) is 24.3 Å². The molecule has 0 saturated carbocycles. The number of para-hydroxylation sites is 1. The number of imide groups is 1. The van der Waals surface area contributed by atoms with Crippen molar-refractivity contribution in [1.29, 1.82) is 0 Å². The lowest BCUT2D eigenvalue weighted by atomic mass is 9.91. The number of urea groups is 1. The molecule has 0 aliphatic carbocycles. The third kappa shape index (κ3) is 1.94. The zero-order valence-corrected chi connectivity index (χ0v) is 11.7. The molecule has 2 heterocycles. The number of benzene rings is 1. The third-order valence-corrected chi connectivity index (χ3v) is 4.18. The zero-order valence-electron chi connectivity index (χ0n) is 11.7. The monoisotopic (exact) mass is 274 g/mol. The number of rotatable bonds is 2. The van der Waals surface area contributed by atoms with E-state index >= 15 is 0 Å². The van der Waals surface area contributed by atoms with E-state index in [1.807, 2.05) is 24.3 Å². The molecule has 0 spiro atoms. The first-order valence-corrected chi connectivity index (χ1v) is 6.85. The number of hydrogen-bond acceptors (Lipinski definition) is 3. The van der Waals surface area contributed by atoms with Crippen LogP contribution in [0.3, 0.4) is 0 Å². The van der Waals surface area contributed by atoms with Crippen molar-refractivity contribution in [3.8, 4) is 5.75 Å². The van der Waals surface area contributed by atoms with Gasteiger partial charge in [0.25, 0.3) is 5.91 Å². The Hall–Kier alpha value is -2.04. The van der Waals surface area contributed by atoms with E-state index in [2.05, 4.69) is 5.32 Å². The second-order valence-electron chi connectivity index (χ2n) is 5.80. The summed E-state index contributed by atoms with van der Waals surface area (Å²) in [5.41, 5.74) is 0.325. The molecule has 3 amide bonds. The van der Waals surface area contributed by atoms with Crippen LogP contribution in [0.25, 0.3) is 0 Å². The molecule has 1 aromatic rings. The van der Waals surface area contributed by atoms with Gasteiger partial charge in [-0.3, -0.25) is 10.1 Å². The molecule has 106 valence electrons. The number of hydrogen-bond donors (Lipinski definition) is 1. The largest absolute Gasteiger partial charge is 0.493 e. The predicted octanol–water partition coefficient (Wildman–Crippen LogP) is 1.88. The van der Waals surface area contributed by atoms with Crippen LogP contribution in [0.1, 0.15) is 31.7 Å². The first-order valence-electron chi connectivity index (χ1n) is 6.85. The minimum atomic E-state index is -0.787. The summed E-state index contributed by atoms with van der Waals surface area (Å²) in [7, 11) is 0. The van der Waals surface area contributed by atoms with Gasteiger partial charge in [-0.05, 0) is 31.9 Å². The molecule has 2 aliphatic rings. The Morgan fingerprint density at radius 3 is 2.80 bits per heavy atom. The Labute approximate surface area is 117 Å². The molecule has 1 fully saturated rings. The molecule has 5 nitrogen and oxygen atoms in total. The van der Waals surface area contributed by atoms with E-state index in [0.29, 0.717) is 13.2 Å². The first kappa shape index (κ1) is 13.0. The summed E-state index contributed by atoms with van der Waals surface area (Å²) in [4.78, 5) is 25.4. The van der Waals surface area contributed by atoms with E-state index in [9.17, 15) is 9.59 Å². The second kappa shape index (κ2) is 4.51. The van der Waals surface area contributed by atoms with Gasteiger partial charge in [0.1, 0.15) is 11.3 Å². The number of nitrogens with one attached hydrogen (secondary N) is 1. The first-order chi connectivity index (χ1) is 9.50. The Balaban J connectivity index is 1.86. The quantitative estimate of drug-likeness (QED) is 0.838. The normalized spacial score (nSPS) is 24.1. The van der Waals surface area contributed by atoms with Crippen molar-refractivity contribution in [2.24, 2.45) is 0 Å². The molecule has 20 heavy (non-hydrogen) atoms. The van der Waals surface area contributed by atoms with E-state index in [1.54, 1.807) is 18.7 Å². The molecule has 1 atom stereocenters. The Kier molecular flexibility index (Phi) is 2.92. The number of nitrogens with zero attached hydrogens (tertiary/aromatic N) is 1. The molecule has 0 radical (unpaired) electrons. The van der Waals surface area contributed by atoms with Crippen LogP contribution in [-0.2, 0) is 4.79 Å². The second-order valence-corrected chi connectivity index (χ2v) is 5.80. The molecular weight excluding hydrogens is 256 g/mol. The standard InChI is InChI=1S/C15H18N2O3/c1-15(2)13(18)16-14(19)17(15)9-10-7-8-20-12-6-4-3-5-11(10)12/h3-6,10H,7-9H2,1-2H3,(H,16,18,19). The molecule has 1 aromatic carbocycles. The molecule has 0 aromatic heterocycles. The Morgan fingerprint density at radius 1 is 1.35 bits per heavy atom. The van der Waals surface area contributed by atoms with Crippen LogP contribution in [0.5, 0.6) is 5.75 Å². The highest BCUT2D eigenvalue weighted by atomic mass is 16.5. The van der Waals surface area contributed by atoms with E-state index < -0.39 is 5.54 Å². The van der Waals surface area contributed by atoms with Crippen molar-refractivity contribution in [3.63, 3.8) is 0 Å². The van der Waals surface area contributed by atoms with Crippen molar-refractivity contribution in [2.45, 2.75) is 31.7 Å². The van der Waals surface area contributed by atoms with Crippen LogP contribution >= 0.6 is 0 Å². The van der Waals surface area contributed by atoms with E-state index in [4.69, 9.17) is 4.74 Å². The number of carbonyl (C=O) groups excluding carboxylic acids is 2. The van der Waals surface area contributed by atoms with Gasteiger partial charge in [0, 0.05) is 12.5 Å². The summed E-state index contributed by atoms with van der Waals surface area (Å²) in [5, 5.41) is 2.39. The molecule has 3 rings (SSSR count). The number of amides is 3. The highest BCUT2D eigenvalue weighted by Gasteiger charge is 2.46. The van der Waals surface area contributed by atoms with Crippen LogP contribution < -0.4 is 10.1 Å². The maximum absolute atomic E-state index is 11.9. The summed E-state index contributed by atoms with van der Waals surface area (Å²) in [6, 6.07) is 7.59. The topological polar surface area (TPSA) is 58.6 Å². The minimum absolute atomic E-state index is 0.205. The molecule has 1 unspecified atom stereocenters. The van der Waals surface area contributed by atoms with Gasteiger partial charge in [0.2, 0.25) is 0 Å². The Morgan fingerprint density at radius 2 is 2.10 bits per heavy atom. The smallest absolute Gasteiger partial charge is 0.325 e. The molecule has 1 saturated heterocycles. The summed E-state index contributed by atoms with van der Waals surface area (Å²) in [6.07, 6.45) is 0.852. The third-order valence-electron chi connectivity index (χ3n) is 4.18. The SMILES string of the molecule is CC1(C)C(=O)NC(=O)N1CC1CCOc2ccccc21. The van der Waals surface area contributed by atoms with Crippen LogP contribution in [0.2, 0.25) is 0 Å². The van der Waals surface area contributed by atoms with Crippen molar-refractivity contribution in [2.75, 3.05) is 13.2 Å². The number of ether oxygens (including phenoxy) is 1. The molecule has 1 N–H and O–H groups in total. The van der Waals surface area contributed by atoms with Gasteiger partial charge in [-0.2, -0.15) is 0 Å². The molecule has 0 bridgehead atoms. The van der Waals surface area contributed by atoms with Gasteiger partial charge in [0.15, 0.2) is 0 Å². The average Bonchev–Trinajstić information content (AvgIpc) is 2.62. The fourth-order valence-corrected chi connectivity index (χ4v) is 2.83. The van der Waals surface area contributed by atoms with E-state index in [-0.39, 0.29) is 17.9 Å². The lowest BCUT2D eigenvalue weighted by molar-refractivity contribution is -0.125. The van der Waals surface area contributed by atoms with Gasteiger partial charge >= 0.3 is 6.03 Å².